The van der Waals surface area contributed by atoms with E-state index in [2.05, 4.69) is 15.5 Å². The lowest BCUT2D eigenvalue weighted by atomic mass is 10.1. The summed E-state index contributed by atoms with van der Waals surface area (Å²) in [5.74, 6) is -0.589. The first-order chi connectivity index (χ1) is 12.9. The lowest BCUT2D eigenvalue weighted by molar-refractivity contribution is -0.255. The lowest BCUT2D eigenvalue weighted by Gasteiger charge is -2.07. The Labute approximate surface area is 160 Å². The molecule has 1 heterocycles. The fraction of sp³-hybridized carbons (Fsp3) is 0.158. The topological polar surface area (TPSA) is 99.9 Å². The number of carbonyl (C=O) groups is 2. The number of carboxylic acids is 1. The van der Waals surface area contributed by atoms with Gasteiger partial charge in [0.05, 0.1) is 11.7 Å². The van der Waals surface area contributed by atoms with E-state index in [0.29, 0.717) is 10.8 Å². The Morgan fingerprint density at radius 1 is 1.07 bits per heavy atom. The van der Waals surface area contributed by atoms with Crippen molar-refractivity contribution in [3.05, 3.63) is 59.7 Å². The molecule has 3 rings (SSSR count). The van der Waals surface area contributed by atoms with Gasteiger partial charge in [0.1, 0.15) is 0 Å². The first kappa shape index (κ1) is 18.7. The monoisotopic (exact) mass is 381 g/mol. The summed E-state index contributed by atoms with van der Waals surface area (Å²) >= 11 is 1.27. The zero-order valence-electron chi connectivity index (χ0n) is 14.8. The maximum Gasteiger partial charge on any atom is 0.234 e. The molecule has 2 aromatic carbocycles. The van der Waals surface area contributed by atoms with E-state index in [-0.39, 0.29) is 17.2 Å². The van der Waals surface area contributed by atoms with Gasteiger partial charge in [0.2, 0.25) is 5.91 Å². The van der Waals surface area contributed by atoms with Gasteiger partial charge in [0, 0.05) is 18.3 Å². The molecule has 1 N–H and O–H groups in total. The second kappa shape index (κ2) is 8.05. The number of thioether (sulfide) groups is 1. The van der Waals surface area contributed by atoms with E-state index in [1.807, 2.05) is 42.8 Å². The van der Waals surface area contributed by atoms with Crippen molar-refractivity contribution in [1.82, 2.24) is 14.8 Å². The summed E-state index contributed by atoms with van der Waals surface area (Å²) in [7, 11) is 1.86. The van der Waals surface area contributed by atoms with Crippen molar-refractivity contribution in [2.75, 3.05) is 11.1 Å². The molecule has 3 aromatic rings. The highest BCUT2D eigenvalue weighted by molar-refractivity contribution is 7.99. The van der Waals surface area contributed by atoms with Gasteiger partial charge in [-0.2, -0.15) is 0 Å². The van der Waals surface area contributed by atoms with Crippen LogP contribution in [0.4, 0.5) is 5.69 Å². The highest BCUT2D eigenvalue weighted by Crippen LogP contribution is 2.23. The molecule has 0 unspecified atom stereocenters. The molecule has 0 saturated carbocycles. The molecule has 0 aliphatic carbocycles. The number of nitrogens with zero attached hydrogens (tertiary/aromatic N) is 3. The number of aromatic carboxylic acids is 1. The van der Waals surface area contributed by atoms with E-state index in [1.54, 1.807) is 0 Å². The van der Waals surface area contributed by atoms with Crippen LogP contribution < -0.4 is 10.4 Å². The van der Waals surface area contributed by atoms with Gasteiger partial charge in [-0.25, -0.2) is 0 Å². The summed E-state index contributed by atoms with van der Waals surface area (Å²) in [5.41, 5.74) is 2.70. The Balaban J connectivity index is 1.60. The van der Waals surface area contributed by atoms with Crippen LogP contribution in [0.3, 0.4) is 0 Å². The van der Waals surface area contributed by atoms with Crippen molar-refractivity contribution in [2.24, 2.45) is 7.05 Å². The maximum atomic E-state index is 12.1. The summed E-state index contributed by atoms with van der Waals surface area (Å²) in [4.78, 5) is 22.8. The maximum absolute atomic E-state index is 12.1. The molecule has 1 amide bonds. The number of carbonyl (C=O) groups excluding carboxylic acids is 2. The first-order valence-electron chi connectivity index (χ1n) is 8.14. The molecule has 27 heavy (non-hydrogen) atoms. The molecule has 0 spiro atoms. The molecule has 7 nitrogen and oxygen atoms in total. The van der Waals surface area contributed by atoms with Crippen molar-refractivity contribution in [1.29, 1.82) is 0 Å². The van der Waals surface area contributed by atoms with Crippen molar-refractivity contribution in [2.45, 2.75) is 12.1 Å². The zero-order valence-corrected chi connectivity index (χ0v) is 15.6. The third-order valence-corrected chi connectivity index (χ3v) is 4.90. The first-order valence-corrected chi connectivity index (χ1v) is 9.13. The summed E-state index contributed by atoms with van der Waals surface area (Å²) in [5, 5.41) is 22.4. The molecular formula is C19H17N4O3S-. The predicted octanol–water partition coefficient (Wildman–Crippen LogP) is 1.88. The second-order valence-corrected chi connectivity index (χ2v) is 6.88. The molecule has 0 radical (unpaired) electrons. The van der Waals surface area contributed by atoms with E-state index in [9.17, 15) is 14.7 Å². The van der Waals surface area contributed by atoms with Crippen molar-refractivity contribution < 1.29 is 14.7 Å². The normalized spacial score (nSPS) is 10.6. The van der Waals surface area contributed by atoms with Gasteiger partial charge in [-0.1, -0.05) is 53.7 Å². The van der Waals surface area contributed by atoms with E-state index in [0.717, 1.165) is 11.4 Å². The number of hydrogen-bond acceptors (Lipinski definition) is 6. The van der Waals surface area contributed by atoms with Gasteiger partial charge in [-0.05, 0) is 24.6 Å². The number of amides is 1. The standard InChI is InChI=1S/C19H18N4O3S/c1-12-3-5-13(6-4-12)17-21-22-19(23(17)2)27-11-16(24)20-15-9-7-14(8-10-15)18(25)26/h3-10H,11H2,1-2H3,(H,20,24)(H,25,26)/p-1. The number of hydrogen-bond donors (Lipinski definition) is 1. The zero-order chi connectivity index (χ0) is 19.4. The predicted molar refractivity (Wildman–Crippen MR) is 101 cm³/mol. The molecule has 138 valence electrons. The SMILES string of the molecule is Cc1ccc(-c2nnc(SCC(=O)Nc3ccc(C(=O)[O-])cc3)n2C)cc1. The molecular weight excluding hydrogens is 364 g/mol. The van der Waals surface area contributed by atoms with Crippen LogP contribution in [0.25, 0.3) is 11.4 Å². The van der Waals surface area contributed by atoms with Crippen LogP contribution in [-0.2, 0) is 11.8 Å². The lowest BCUT2D eigenvalue weighted by Crippen LogP contribution is -2.22. The van der Waals surface area contributed by atoms with Gasteiger partial charge in [-0.15, -0.1) is 10.2 Å². The Kier molecular flexibility index (Phi) is 5.56. The van der Waals surface area contributed by atoms with Gasteiger partial charge in [-0.3, -0.25) is 4.79 Å². The minimum atomic E-state index is -1.25. The van der Waals surface area contributed by atoms with Crippen LogP contribution >= 0.6 is 11.8 Å². The summed E-state index contributed by atoms with van der Waals surface area (Å²) in [6.07, 6.45) is 0. The van der Waals surface area contributed by atoms with Gasteiger partial charge in [0.15, 0.2) is 11.0 Å². The van der Waals surface area contributed by atoms with E-state index in [4.69, 9.17) is 0 Å². The van der Waals surface area contributed by atoms with Crippen LogP contribution in [0.5, 0.6) is 0 Å². The van der Waals surface area contributed by atoms with Gasteiger partial charge in [0.25, 0.3) is 0 Å². The Morgan fingerprint density at radius 3 is 2.37 bits per heavy atom. The Bertz CT molecular complexity index is 966. The summed E-state index contributed by atoms with van der Waals surface area (Å²) in [6.45, 7) is 2.02. The fourth-order valence-electron chi connectivity index (χ4n) is 2.41. The smallest absolute Gasteiger partial charge is 0.234 e. The molecule has 0 atom stereocenters. The highest BCUT2D eigenvalue weighted by atomic mass is 32.2. The number of nitrogens with one attached hydrogen (secondary N) is 1. The fourth-order valence-corrected chi connectivity index (χ4v) is 3.12. The highest BCUT2D eigenvalue weighted by Gasteiger charge is 2.13. The van der Waals surface area contributed by atoms with Crippen LogP contribution in [-0.4, -0.2) is 32.4 Å². The molecule has 0 fully saturated rings. The number of benzene rings is 2. The van der Waals surface area contributed by atoms with E-state index < -0.39 is 5.97 Å². The minimum Gasteiger partial charge on any atom is -0.545 e. The average molecular weight is 381 g/mol. The van der Waals surface area contributed by atoms with Crippen molar-refractivity contribution in [3.63, 3.8) is 0 Å². The molecule has 0 aliphatic rings. The Morgan fingerprint density at radius 2 is 1.74 bits per heavy atom. The van der Waals surface area contributed by atoms with Gasteiger partial charge < -0.3 is 19.8 Å². The number of aromatic nitrogens is 3. The van der Waals surface area contributed by atoms with Crippen molar-refractivity contribution >= 4 is 29.3 Å². The molecule has 0 aliphatic heterocycles. The van der Waals surface area contributed by atoms with Crippen LogP contribution in [0.15, 0.2) is 53.7 Å². The summed E-state index contributed by atoms with van der Waals surface area (Å²) < 4.78 is 1.84. The Hall–Kier alpha value is -3.13. The number of carboxylic acid groups (broad SMARTS) is 1. The number of aryl methyl sites for hydroxylation is 1. The molecule has 8 heteroatoms. The van der Waals surface area contributed by atoms with Crippen LogP contribution in [0, 0.1) is 6.92 Å². The second-order valence-electron chi connectivity index (χ2n) is 5.93. The van der Waals surface area contributed by atoms with Crippen LogP contribution in [0.2, 0.25) is 0 Å². The molecule has 1 aromatic heterocycles. The molecule has 0 bridgehead atoms. The third-order valence-electron chi connectivity index (χ3n) is 3.88. The van der Waals surface area contributed by atoms with E-state index >= 15 is 0 Å². The number of anilines is 1. The van der Waals surface area contributed by atoms with Crippen molar-refractivity contribution in [3.8, 4) is 11.4 Å². The molecule has 0 saturated heterocycles. The quantitative estimate of drug-likeness (QED) is 0.655. The minimum absolute atomic E-state index is 0.0603. The summed E-state index contributed by atoms with van der Waals surface area (Å²) in [6, 6.07) is 13.8. The average Bonchev–Trinajstić information content (AvgIpc) is 3.02. The number of rotatable bonds is 6. The van der Waals surface area contributed by atoms with E-state index in [1.165, 1.54) is 41.6 Å². The third kappa shape index (κ3) is 4.53. The van der Waals surface area contributed by atoms with Crippen LogP contribution in [0.1, 0.15) is 15.9 Å². The van der Waals surface area contributed by atoms with Gasteiger partial charge >= 0.3 is 0 Å². The largest absolute Gasteiger partial charge is 0.545 e.